The lowest BCUT2D eigenvalue weighted by atomic mass is 9.82. The maximum absolute atomic E-state index is 15.9. The van der Waals surface area contributed by atoms with Crippen molar-refractivity contribution < 1.29 is 23.8 Å². The average Bonchev–Trinajstić information content (AvgIpc) is 3.40. The van der Waals surface area contributed by atoms with Crippen LogP contribution in [0.4, 0.5) is 9.52 Å². The van der Waals surface area contributed by atoms with Crippen molar-refractivity contribution in [3.05, 3.63) is 73.8 Å². The van der Waals surface area contributed by atoms with Gasteiger partial charge >= 0.3 is 5.97 Å². The van der Waals surface area contributed by atoms with Crippen molar-refractivity contribution in [3.63, 3.8) is 0 Å². The van der Waals surface area contributed by atoms with E-state index < -0.39 is 11.9 Å². The highest BCUT2D eigenvalue weighted by molar-refractivity contribution is 7.14. The molecule has 1 heterocycles. The van der Waals surface area contributed by atoms with Gasteiger partial charge in [-0.2, -0.15) is 0 Å². The number of carboxylic acid groups (broad SMARTS) is 1. The third-order valence-corrected chi connectivity index (χ3v) is 8.34. The SMILES string of the molecule is CCCOC(c1cccc(-c2csc(NC(=O)c3cc(Cl)c(/C=C(\C)C(=O)O)c(Cl)c3)n2)c1F)C1CCCCC1. The fourth-order valence-corrected chi connectivity index (χ4v) is 6.19. The van der Waals surface area contributed by atoms with Crippen LogP contribution in [0.1, 0.15) is 80.0 Å². The number of nitrogens with one attached hydrogen (secondary N) is 1. The molecule has 0 aliphatic heterocycles. The van der Waals surface area contributed by atoms with E-state index >= 15 is 4.39 Å². The summed E-state index contributed by atoms with van der Waals surface area (Å²) < 4.78 is 22.1. The van der Waals surface area contributed by atoms with E-state index in [1.54, 1.807) is 17.5 Å². The maximum Gasteiger partial charge on any atom is 0.331 e. The van der Waals surface area contributed by atoms with Gasteiger partial charge in [-0.25, -0.2) is 14.2 Å². The van der Waals surface area contributed by atoms with Crippen LogP contribution in [0.15, 0.2) is 41.3 Å². The zero-order valence-electron chi connectivity index (χ0n) is 22.3. The molecular weight excluding hydrogens is 574 g/mol. The molecule has 1 fully saturated rings. The van der Waals surface area contributed by atoms with Gasteiger partial charge in [0, 0.05) is 39.8 Å². The van der Waals surface area contributed by atoms with Gasteiger partial charge in [0.2, 0.25) is 0 Å². The molecule has 40 heavy (non-hydrogen) atoms. The lowest BCUT2D eigenvalue weighted by Crippen LogP contribution is -2.21. The molecule has 0 spiro atoms. The van der Waals surface area contributed by atoms with E-state index in [-0.39, 0.29) is 44.2 Å². The van der Waals surface area contributed by atoms with Gasteiger partial charge in [-0.15, -0.1) is 11.3 Å². The normalized spacial score (nSPS) is 15.2. The molecule has 10 heteroatoms. The Bertz CT molecular complexity index is 1400. The number of nitrogens with zero attached hydrogens (tertiary/aromatic N) is 1. The monoisotopic (exact) mass is 604 g/mol. The Morgan fingerprint density at radius 1 is 1.23 bits per heavy atom. The van der Waals surface area contributed by atoms with Crippen LogP contribution in [0.25, 0.3) is 17.3 Å². The molecule has 2 aromatic carbocycles. The lowest BCUT2D eigenvalue weighted by Gasteiger charge is -2.31. The van der Waals surface area contributed by atoms with Crippen molar-refractivity contribution in [3.8, 4) is 11.3 Å². The van der Waals surface area contributed by atoms with Crippen molar-refractivity contribution in [2.75, 3.05) is 11.9 Å². The number of hydrogen-bond acceptors (Lipinski definition) is 5. The Kier molecular flexibility index (Phi) is 10.4. The third kappa shape index (κ3) is 7.10. The third-order valence-electron chi connectivity index (χ3n) is 6.95. The number of carboxylic acids is 1. The minimum absolute atomic E-state index is 0.0506. The molecule has 1 amide bonds. The Hall–Kier alpha value is -2.78. The van der Waals surface area contributed by atoms with Crippen molar-refractivity contribution in [2.45, 2.75) is 58.5 Å². The summed E-state index contributed by atoms with van der Waals surface area (Å²) in [5.74, 6) is -1.68. The van der Waals surface area contributed by atoms with Gasteiger partial charge in [-0.3, -0.25) is 10.1 Å². The summed E-state index contributed by atoms with van der Waals surface area (Å²) in [7, 11) is 0. The first-order valence-corrected chi connectivity index (χ1v) is 14.9. The van der Waals surface area contributed by atoms with Gasteiger partial charge in [0.1, 0.15) is 5.82 Å². The molecule has 0 saturated heterocycles. The molecule has 1 atom stereocenters. The highest BCUT2D eigenvalue weighted by Crippen LogP contribution is 2.40. The second kappa shape index (κ2) is 13.7. The van der Waals surface area contributed by atoms with Crippen LogP contribution in [-0.2, 0) is 9.53 Å². The standard InChI is InChI=1S/C30H31Cl2FN2O4S/c1-3-12-39-27(18-8-5-4-6-9-18)21-11-7-10-20(26(21)33)25-16-40-30(34-25)35-28(36)19-14-23(31)22(24(32)15-19)13-17(2)29(37)38/h7,10-11,13-16,18,27H,3-6,8-9,12H2,1-2H3,(H,37,38)(H,34,35,36)/b17-13+. The number of ether oxygens (including phenoxy) is 1. The van der Waals surface area contributed by atoms with Crippen molar-refractivity contribution in [1.82, 2.24) is 4.98 Å². The summed E-state index contributed by atoms with van der Waals surface area (Å²) in [4.78, 5) is 28.5. The molecule has 0 radical (unpaired) electrons. The zero-order valence-corrected chi connectivity index (χ0v) is 24.6. The lowest BCUT2D eigenvalue weighted by molar-refractivity contribution is -0.132. The number of rotatable bonds is 10. The molecule has 212 valence electrons. The van der Waals surface area contributed by atoms with Crippen LogP contribution in [0.3, 0.4) is 0 Å². The van der Waals surface area contributed by atoms with Crippen LogP contribution >= 0.6 is 34.5 Å². The largest absolute Gasteiger partial charge is 0.478 e. The molecular formula is C30H31Cl2FN2O4S. The number of thiazole rings is 1. The van der Waals surface area contributed by atoms with Gasteiger partial charge < -0.3 is 9.84 Å². The fourth-order valence-electron chi connectivity index (χ4n) is 4.88. The number of amides is 1. The van der Waals surface area contributed by atoms with E-state index in [0.717, 1.165) is 32.1 Å². The second-order valence-corrected chi connectivity index (χ2v) is 11.5. The molecule has 2 N–H and O–H groups in total. The summed E-state index contributed by atoms with van der Waals surface area (Å²) in [5.41, 5.74) is 1.85. The minimum atomic E-state index is -1.10. The molecule has 1 aliphatic rings. The fraction of sp³-hybridized carbons (Fsp3) is 0.367. The van der Waals surface area contributed by atoms with Gasteiger partial charge in [0.25, 0.3) is 5.91 Å². The number of hydrogen-bond donors (Lipinski definition) is 2. The number of benzene rings is 2. The topological polar surface area (TPSA) is 88.5 Å². The van der Waals surface area contributed by atoms with Crippen molar-refractivity contribution in [1.29, 1.82) is 0 Å². The molecule has 1 saturated carbocycles. The first kappa shape index (κ1) is 30.2. The summed E-state index contributed by atoms with van der Waals surface area (Å²) in [6, 6.07) is 8.12. The number of aliphatic carboxylic acids is 1. The highest BCUT2D eigenvalue weighted by atomic mass is 35.5. The molecule has 1 aliphatic carbocycles. The van der Waals surface area contributed by atoms with Gasteiger partial charge in [-0.05, 0) is 56.4 Å². The maximum atomic E-state index is 15.9. The molecule has 1 unspecified atom stereocenters. The molecule has 0 bridgehead atoms. The van der Waals surface area contributed by atoms with Gasteiger partial charge in [-0.1, -0.05) is 61.5 Å². The Morgan fingerprint density at radius 2 is 1.93 bits per heavy atom. The van der Waals surface area contributed by atoms with Crippen molar-refractivity contribution in [2.24, 2.45) is 5.92 Å². The van der Waals surface area contributed by atoms with E-state index in [1.807, 2.05) is 13.0 Å². The Balaban J connectivity index is 1.55. The summed E-state index contributed by atoms with van der Waals surface area (Å²) in [5, 5.41) is 14.1. The van der Waals surface area contributed by atoms with E-state index in [4.69, 9.17) is 33.0 Å². The smallest absolute Gasteiger partial charge is 0.331 e. The van der Waals surface area contributed by atoms with Crippen molar-refractivity contribution >= 4 is 57.6 Å². The van der Waals surface area contributed by atoms with Gasteiger partial charge in [0.05, 0.1) is 21.8 Å². The highest BCUT2D eigenvalue weighted by Gasteiger charge is 2.29. The molecule has 6 nitrogen and oxygen atoms in total. The summed E-state index contributed by atoms with van der Waals surface area (Å²) >= 11 is 13.8. The number of anilines is 1. The first-order chi connectivity index (χ1) is 19.2. The van der Waals surface area contributed by atoms with E-state index in [1.165, 1.54) is 42.9 Å². The second-order valence-electron chi connectivity index (χ2n) is 9.88. The van der Waals surface area contributed by atoms with Crippen LogP contribution < -0.4 is 5.32 Å². The molecule has 3 aromatic rings. The van der Waals surface area contributed by atoms with E-state index in [2.05, 4.69) is 10.3 Å². The molecule has 4 rings (SSSR count). The Morgan fingerprint density at radius 3 is 2.58 bits per heavy atom. The first-order valence-electron chi connectivity index (χ1n) is 13.3. The minimum Gasteiger partial charge on any atom is -0.478 e. The number of aromatic nitrogens is 1. The molecule has 1 aromatic heterocycles. The van der Waals surface area contributed by atoms with Crippen LogP contribution in [0.2, 0.25) is 10.0 Å². The average molecular weight is 606 g/mol. The number of halogens is 3. The van der Waals surface area contributed by atoms with E-state index in [0.29, 0.717) is 29.0 Å². The summed E-state index contributed by atoms with van der Waals surface area (Å²) in [6.07, 6.45) is 7.41. The van der Waals surface area contributed by atoms with Crippen LogP contribution in [0, 0.1) is 11.7 Å². The number of carbonyl (C=O) groups is 2. The zero-order chi connectivity index (χ0) is 28.8. The summed E-state index contributed by atoms with van der Waals surface area (Å²) in [6.45, 7) is 4.04. The predicted octanol–water partition coefficient (Wildman–Crippen LogP) is 9.04. The van der Waals surface area contributed by atoms with Gasteiger partial charge in [0.15, 0.2) is 5.13 Å². The van der Waals surface area contributed by atoms with Crippen LogP contribution in [-0.4, -0.2) is 28.6 Å². The van der Waals surface area contributed by atoms with Crippen LogP contribution in [0.5, 0.6) is 0 Å². The predicted molar refractivity (Wildman–Crippen MR) is 159 cm³/mol. The number of carbonyl (C=O) groups excluding carboxylic acids is 1. The quantitative estimate of drug-likeness (QED) is 0.225. The Labute approximate surface area is 247 Å². The van der Waals surface area contributed by atoms with E-state index in [9.17, 15) is 9.59 Å².